The molecule has 0 spiro atoms. The molecule has 21 heavy (non-hydrogen) atoms. The van der Waals surface area contributed by atoms with Crippen LogP contribution < -0.4 is 0 Å². The number of alkyl halides is 1. The molecule has 0 aliphatic rings. The van der Waals surface area contributed by atoms with Gasteiger partial charge in [-0.15, -0.1) is 11.6 Å². The number of hydrogen-bond donors (Lipinski definition) is 0. The van der Waals surface area contributed by atoms with E-state index in [2.05, 4.69) is 10.1 Å². The van der Waals surface area contributed by atoms with E-state index in [4.69, 9.17) is 11.6 Å². The van der Waals surface area contributed by atoms with Gasteiger partial charge in [0, 0.05) is 31.9 Å². The Morgan fingerprint density at radius 2 is 2.05 bits per heavy atom. The fraction of sp³-hybridized carbons (Fsp3) is 0.286. The van der Waals surface area contributed by atoms with Crippen LogP contribution in [0.25, 0.3) is 11.0 Å². The van der Waals surface area contributed by atoms with Gasteiger partial charge in [-0.2, -0.15) is 5.10 Å². The molecule has 4 nitrogen and oxygen atoms in total. The predicted molar refractivity (Wildman–Crippen MR) is 76.1 cm³/mol. The highest BCUT2D eigenvalue weighted by atomic mass is 35.5. The summed E-state index contributed by atoms with van der Waals surface area (Å²) in [5.74, 6) is -1.11. The fourth-order valence-electron chi connectivity index (χ4n) is 2.42. The lowest BCUT2D eigenvalue weighted by molar-refractivity contribution is 0.509. The van der Waals surface area contributed by atoms with Gasteiger partial charge in [0.15, 0.2) is 11.6 Å². The second-order valence-electron chi connectivity index (χ2n) is 4.74. The summed E-state index contributed by atoms with van der Waals surface area (Å²) in [6.07, 6.45) is 2.33. The van der Waals surface area contributed by atoms with Crippen molar-refractivity contribution in [1.82, 2.24) is 19.3 Å². The van der Waals surface area contributed by atoms with E-state index in [9.17, 15) is 8.78 Å². The van der Waals surface area contributed by atoms with Crippen molar-refractivity contribution in [3.8, 4) is 0 Å². The van der Waals surface area contributed by atoms with Crippen molar-refractivity contribution in [3.63, 3.8) is 0 Å². The predicted octanol–water partition coefficient (Wildman–Crippen LogP) is 3.03. The van der Waals surface area contributed by atoms with Gasteiger partial charge in [-0.1, -0.05) is 0 Å². The molecule has 1 aromatic carbocycles. The second-order valence-corrected chi connectivity index (χ2v) is 5.01. The zero-order chi connectivity index (χ0) is 15.0. The molecule has 3 aromatic rings. The van der Waals surface area contributed by atoms with Crippen molar-refractivity contribution >= 4 is 22.6 Å². The van der Waals surface area contributed by atoms with Crippen molar-refractivity contribution in [3.05, 3.63) is 47.5 Å². The maximum atomic E-state index is 14.1. The van der Waals surface area contributed by atoms with Crippen LogP contribution in [0.4, 0.5) is 8.78 Å². The highest BCUT2D eigenvalue weighted by Gasteiger charge is 2.17. The van der Waals surface area contributed by atoms with Crippen LogP contribution in [0.1, 0.15) is 11.5 Å². The van der Waals surface area contributed by atoms with E-state index < -0.39 is 11.6 Å². The third-order valence-electron chi connectivity index (χ3n) is 3.51. The summed E-state index contributed by atoms with van der Waals surface area (Å²) in [4.78, 5) is 4.26. The zero-order valence-corrected chi connectivity index (χ0v) is 12.1. The molecule has 0 fully saturated rings. The van der Waals surface area contributed by atoms with Crippen LogP contribution in [0, 0.1) is 11.6 Å². The Balaban J connectivity index is 2.03. The van der Waals surface area contributed by atoms with Gasteiger partial charge in [0.05, 0.1) is 11.4 Å². The van der Waals surface area contributed by atoms with E-state index in [-0.39, 0.29) is 11.4 Å². The Hall–Kier alpha value is -1.95. The van der Waals surface area contributed by atoms with Gasteiger partial charge < -0.3 is 4.57 Å². The molecule has 0 saturated heterocycles. The fourth-order valence-corrected chi connectivity index (χ4v) is 2.62. The lowest BCUT2D eigenvalue weighted by atomic mass is 10.2. The normalized spacial score (nSPS) is 11.4. The number of imidazole rings is 1. The second kappa shape index (κ2) is 5.44. The largest absolute Gasteiger partial charge is 0.324 e. The molecule has 0 radical (unpaired) electrons. The summed E-state index contributed by atoms with van der Waals surface area (Å²) in [5.41, 5.74) is 1.57. The van der Waals surface area contributed by atoms with E-state index in [0.29, 0.717) is 24.3 Å². The molecule has 2 heterocycles. The number of rotatable bonds is 4. The molecule has 0 N–H and O–H groups in total. The summed E-state index contributed by atoms with van der Waals surface area (Å²) in [7, 11) is 1.84. The Morgan fingerprint density at radius 3 is 2.71 bits per heavy atom. The van der Waals surface area contributed by atoms with E-state index >= 15 is 0 Å². The van der Waals surface area contributed by atoms with Gasteiger partial charge in [0.1, 0.15) is 11.3 Å². The van der Waals surface area contributed by atoms with E-state index in [0.717, 1.165) is 11.8 Å². The number of aryl methyl sites for hydroxylation is 3. The number of nitrogens with zero attached hydrogens (tertiary/aromatic N) is 4. The maximum Gasteiger partial charge on any atom is 0.184 e. The molecule has 0 aliphatic heterocycles. The minimum Gasteiger partial charge on any atom is -0.324 e. The van der Waals surface area contributed by atoms with Crippen molar-refractivity contribution in [2.24, 2.45) is 7.05 Å². The summed E-state index contributed by atoms with van der Waals surface area (Å²) in [6.45, 7) is 0.457. The Kier molecular flexibility index (Phi) is 3.63. The van der Waals surface area contributed by atoms with Gasteiger partial charge >= 0.3 is 0 Å². The molecule has 0 saturated carbocycles. The average molecular weight is 311 g/mol. The zero-order valence-electron chi connectivity index (χ0n) is 11.4. The third-order valence-corrected chi connectivity index (χ3v) is 3.75. The molecule has 0 amide bonds. The van der Waals surface area contributed by atoms with E-state index in [1.165, 1.54) is 6.07 Å². The molecule has 3 rings (SSSR count). The minimum absolute atomic E-state index is 0.140. The Labute approximate surface area is 125 Å². The molecule has 2 aromatic heterocycles. The first kappa shape index (κ1) is 14.0. The molecular weight excluding hydrogens is 298 g/mol. The lowest BCUT2D eigenvalue weighted by Gasteiger charge is -2.08. The van der Waals surface area contributed by atoms with Gasteiger partial charge in [-0.3, -0.25) is 4.68 Å². The summed E-state index contributed by atoms with van der Waals surface area (Å²) in [5, 5.41) is 4.08. The molecule has 7 heteroatoms. The quantitative estimate of drug-likeness (QED) is 0.694. The number of fused-ring (bicyclic) bond motifs is 1. The number of hydrogen-bond acceptors (Lipinski definition) is 2. The van der Waals surface area contributed by atoms with Crippen LogP contribution in [0.3, 0.4) is 0 Å². The molecule has 0 unspecified atom stereocenters. The van der Waals surface area contributed by atoms with Crippen molar-refractivity contribution in [2.45, 2.75) is 18.8 Å². The first-order valence-electron chi connectivity index (χ1n) is 6.47. The Morgan fingerprint density at radius 1 is 1.24 bits per heavy atom. The molecule has 0 bridgehead atoms. The topological polar surface area (TPSA) is 35.6 Å². The number of benzene rings is 1. The van der Waals surface area contributed by atoms with Gasteiger partial charge in [0.2, 0.25) is 0 Å². The minimum atomic E-state index is -0.888. The van der Waals surface area contributed by atoms with Gasteiger partial charge in [-0.25, -0.2) is 13.8 Å². The molecule has 0 aliphatic carbocycles. The van der Waals surface area contributed by atoms with Crippen LogP contribution >= 0.6 is 11.6 Å². The maximum absolute atomic E-state index is 14.1. The van der Waals surface area contributed by atoms with Crippen molar-refractivity contribution < 1.29 is 8.78 Å². The highest BCUT2D eigenvalue weighted by molar-refractivity contribution is 6.16. The lowest BCUT2D eigenvalue weighted by Crippen LogP contribution is -2.09. The first-order chi connectivity index (χ1) is 10.1. The smallest absolute Gasteiger partial charge is 0.184 e. The monoisotopic (exact) mass is 310 g/mol. The third kappa shape index (κ3) is 2.40. The van der Waals surface area contributed by atoms with E-state index in [1.54, 1.807) is 15.4 Å². The van der Waals surface area contributed by atoms with Crippen LogP contribution in [-0.2, 0) is 25.9 Å². The summed E-state index contributed by atoms with van der Waals surface area (Å²) < 4.78 is 30.9. The highest BCUT2D eigenvalue weighted by Crippen LogP contribution is 2.23. The van der Waals surface area contributed by atoms with Gasteiger partial charge in [0.25, 0.3) is 0 Å². The first-order valence-corrected chi connectivity index (χ1v) is 7.01. The standard InChI is InChI=1S/C14H13ClF2N4/c1-20-9(4-6-18-20)5-7-21-12(8-15)19-11-3-2-10(16)13(17)14(11)21/h2-4,6H,5,7-8H2,1H3. The molecular formula is C14H13ClF2N4. The van der Waals surface area contributed by atoms with E-state index in [1.807, 2.05) is 13.1 Å². The van der Waals surface area contributed by atoms with Crippen LogP contribution in [-0.4, -0.2) is 19.3 Å². The average Bonchev–Trinajstić information content (AvgIpc) is 3.04. The summed E-state index contributed by atoms with van der Waals surface area (Å²) in [6, 6.07) is 4.43. The van der Waals surface area contributed by atoms with Crippen molar-refractivity contribution in [2.75, 3.05) is 0 Å². The van der Waals surface area contributed by atoms with Gasteiger partial charge in [-0.05, 0) is 18.2 Å². The number of aromatic nitrogens is 4. The molecule has 0 atom stereocenters. The number of halogens is 3. The van der Waals surface area contributed by atoms with Crippen LogP contribution in [0.2, 0.25) is 0 Å². The van der Waals surface area contributed by atoms with Crippen molar-refractivity contribution in [1.29, 1.82) is 0 Å². The van der Waals surface area contributed by atoms with Crippen LogP contribution in [0.15, 0.2) is 24.4 Å². The summed E-state index contributed by atoms with van der Waals surface area (Å²) >= 11 is 5.87. The SMILES string of the molecule is Cn1nccc1CCn1c(CCl)nc2ccc(F)c(F)c21. The van der Waals surface area contributed by atoms with Crippen LogP contribution in [0.5, 0.6) is 0 Å². The molecule has 110 valence electrons. The Bertz CT molecular complexity index is 794.